The Morgan fingerprint density at radius 3 is 2.67 bits per heavy atom. The van der Waals surface area contributed by atoms with E-state index in [1.54, 1.807) is 4.90 Å². The Balaban J connectivity index is 2.11. The Bertz CT molecular complexity index is 218. The number of alkyl halides is 3. The number of rotatable bonds is 4. The summed E-state index contributed by atoms with van der Waals surface area (Å²) in [7, 11) is 0. The fraction of sp³-hybridized carbons (Fsp3) is 0.889. The fourth-order valence-corrected chi connectivity index (χ4v) is 1.51. The summed E-state index contributed by atoms with van der Waals surface area (Å²) in [5.41, 5.74) is 0. The molecule has 0 radical (unpaired) electrons. The van der Waals surface area contributed by atoms with Crippen LogP contribution < -0.4 is 5.32 Å². The molecular weight excluding hydrogens is 209 g/mol. The predicted octanol–water partition coefficient (Wildman–Crippen LogP) is 1.15. The van der Waals surface area contributed by atoms with E-state index < -0.39 is 12.6 Å². The van der Waals surface area contributed by atoms with E-state index in [0.717, 1.165) is 6.54 Å². The molecule has 0 aromatic heterocycles. The van der Waals surface area contributed by atoms with Crippen LogP contribution in [-0.4, -0.2) is 43.2 Å². The van der Waals surface area contributed by atoms with Crippen LogP contribution in [0.1, 0.15) is 19.3 Å². The number of halogens is 3. The van der Waals surface area contributed by atoms with Crippen molar-refractivity contribution in [3.8, 4) is 0 Å². The van der Waals surface area contributed by atoms with Crippen LogP contribution in [0.4, 0.5) is 13.2 Å². The van der Waals surface area contributed by atoms with Crippen LogP contribution in [0.25, 0.3) is 0 Å². The van der Waals surface area contributed by atoms with Gasteiger partial charge in [0.2, 0.25) is 5.91 Å². The second-order valence-electron chi connectivity index (χ2n) is 3.63. The summed E-state index contributed by atoms with van der Waals surface area (Å²) in [6.45, 7) is 2.08. The molecule has 15 heavy (non-hydrogen) atoms. The van der Waals surface area contributed by atoms with Crippen LogP contribution in [-0.2, 0) is 4.79 Å². The largest absolute Gasteiger partial charge is 0.389 e. The molecule has 1 heterocycles. The molecule has 1 rings (SSSR count). The quantitative estimate of drug-likeness (QED) is 0.726. The topological polar surface area (TPSA) is 32.3 Å². The molecule has 0 saturated carbocycles. The number of nitrogens with one attached hydrogen (secondary N) is 1. The molecule has 6 heteroatoms. The lowest BCUT2D eigenvalue weighted by atomic mass is 10.2. The number of hydrogen-bond acceptors (Lipinski definition) is 2. The summed E-state index contributed by atoms with van der Waals surface area (Å²) < 4.78 is 35.4. The maximum Gasteiger partial charge on any atom is 0.389 e. The molecule has 0 aromatic carbocycles. The van der Waals surface area contributed by atoms with E-state index in [4.69, 9.17) is 0 Å². The van der Waals surface area contributed by atoms with Crippen molar-refractivity contribution in [2.24, 2.45) is 0 Å². The number of carbonyl (C=O) groups is 1. The lowest BCUT2D eigenvalue weighted by molar-refractivity contribution is -0.136. The summed E-state index contributed by atoms with van der Waals surface area (Å²) in [4.78, 5) is 12.8. The third kappa shape index (κ3) is 5.01. The second-order valence-corrected chi connectivity index (χ2v) is 3.63. The summed E-state index contributed by atoms with van der Waals surface area (Å²) in [6.07, 6.45) is -4.31. The van der Waals surface area contributed by atoms with Gasteiger partial charge in [-0.25, -0.2) is 0 Å². The minimum absolute atomic E-state index is 0.0201. The Morgan fingerprint density at radius 1 is 1.33 bits per heavy atom. The highest BCUT2D eigenvalue weighted by Crippen LogP contribution is 2.22. The highest BCUT2D eigenvalue weighted by molar-refractivity contribution is 5.78. The molecular formula is C9H15F3N2O. The SMILES string of the molecule is O=C1CNCCN1CCCCC(F)(F)F. The summed E-state index contributed by atoms with van der Waals surface area (Å²) in [5.74, 6) is -0.0201. The number of nitrogens with zero attached hydrogens (tertiary/aromatic N) is 1. The third-order valence-electron chi connectivity index (χ3n) is 2.33. The lowest BCUT2D eigenvalue weighted by Crippen LogP contribution is -2.48. The zero-order valence-corrected chi connectivity index (χ0v) is 8.44. The average molecular weight is 224 g/mol. The summed E-state index contributed by atoms with van der Waals surface area (Å²) in [6, 6.07) is 0. The Morgan fingerprint density at radius 2 is 2.07 bits per heavy atom. The first kappa shape index (κ1) is 12.3. The van der Waals surface area contributed by atoms with E-state index in [2.05, 4.69) is 5.32 Å². The normalized spacial score (nSPS) is 18.3. The van der Waals surface area contributed by atoms with Gasteiger partial charge in [0.1, 0.15) is 0 Å². The van der Waals surface area contributed by atoms with E-state index >= 15 is 0 Å². The predicted molar refractivity (Wildman–Crippen MR) is 49.4 cm³/mol. The molecule has 0 atom stereocenters. The average Bonchev–Trinajstić information content (AvgIpc) is 2.13. The van der Waals surface area contributed by atoms with E-state index in [9.17, 15) is 18.0 Å². The van der Waals surface area contributed by atoms with Crippen LogP contribution >= 0.6 is 0 Å². The molecule has 1 amide bonds. The Kier molecular flexibility index (Phi) is 4.38. The van der Waals surface area contributed by atoms with Gasteiger partial charge in [-0.3, -0.25) is 4.79 Å². The summed E-state index contributed by atoms with van der Waals surface area (Å²) in [5, 5.41) is 2.91. The molecule has 1 N–H and O–H groups in total. The Labute approximate surface area is 86.6 Å². The standard InChI is InChI=1S/C9H15F3N2O/c10-9(11,12)3-1-2-5-14-6-4-13-7-8(14)15/h13H,1-7H2. The minimum atomic E-state index is -4.08. The Hall–Kier alpha value is -0.780. The van der Waals surface area contributed by atoms with Gasteiger partial charge in [-0.15, -0.1) is 0 Å². The zero-order valence-electron chi connectivity index (χ0n) is 8.44. The van der Waals surface area contributed by atoms with Crippen molar-refractivity contribution in [3.05, 3.63) is 0 Å². The minimum Gasteiger partial charge on any atom is -0.340 e. The molecule has 3 nitrogen and oxygen atoms in total. The number of carbonyl (C=O) groups excluding carboxylic acids is 1. The van der Waals surface area contributed by atoms with E-state index in [1.807, 2.05) is 0 Å². The van der Waals surface area contributed by atoms with Crippen molar-refractivity contribution >= 4 is 5.91 Å². The number of amides is 1. The van der Waals surface area contributed by atoms with Gasteiger partial charge >= 0.3 is 6.18 Å². The molecule has 0 aromatic rings. The first-order valence-electron chi connectivity index (χ1n) is 5.04. The third-order valence-corrected chi connectivity index (χ3v) is 2.33. The maximum atomic E-state index is 11.8. The smallest absolute Gasteiger partial charge is 0.340 e. The molecule has 0 spiro atoms. The first-order valence-corrected chi connectivity index (χ1v) is 5.04. The van der Waals surface area contributed by atoms with E-state index in [1.165, 1.54) is 0 Å². The van der Waals surface area contributed by atoms with Crippen molar-refractivity contribution in [3.63, 3.8) is 0 Å². The first-order chi connectivity index (χ1) is 6.99. The van der Waals surface area contributed by atoms with Gasteiger partial charge in [0.05, 0.1) is 6.54 Å². The van der Waals surface area contributed by atoms with Crippen molar-refractivity contribution in [2.75, 3.05) is 26.2 Å². The van der Waals surface area contributed by atoms with Crippen molar-refractivity contribution < 1.29 is 18.0 Å². The highest BCUT2D eigenvalue weighted by atomic mass is 19.4. The van der Waals surface area contributed by atoms with Gasteiger partial charge in [0.15, 0.2) is 0 Å². The molecule has 0 bridgehead atoms. The molecule has 88 valence electrons. The van der Waals surface area contributed by atoms with E-state index in [-0.39, 0.29) is 12.3 Å². The molecule has 1 aliphatic heterocycles. The fourth-order valence-electron chi connectivity index (χ4n) is 1.51. The van der Waals surface area contributed by atoms with Crippen molar-refractivity contribution in [1.82, 2.24) is 10.2 Å². The van der Waals surface area contributed by atoms with E-state index in [0.29, 0.717) is 26.1 Å². The lowest BCUT2D eigenvalue weighted by Gasteiger charge is -2.27. The van der Waals surface area contributed by atoms with Crippen LogP contribution in [0.2, 0.25) is 0 Å². The van der Waals surface area contributed by atoms with Gasteiger partial charge in [0, 0.05) is 26.1 Å². The number of unbranched alkanes of at least 4 members (excludes halogenated alkanes) is 1. The molecule has 1 aliphatic rings. The van der Waals surface area contributed by atoms with Crippen LogP contribution in [0.5, 0.6) is 0 Å². The molecule has 1 saturated heterocycles. The van der Waals surface area contributed by atoms with Crippen molar-refractivity contribution in [2.45, 2.75) is 25.4 Å². The monoisotopic (exact) mass is 224 g/mol. The van der Waals surface area contributed by atoms with Crippen LogP contribution in [0.3, 0.4) is 0 Å². The second kappa shape index (κ2) is 5.34. The molecule has 1 fully saturated rings. The van der Waals surface area contributed by atoms with Gasteiger partial charge in [-0.2, -0.15) is 13.2 Å². The molecule has 0 unspecified atom stereocenters. The van der Waals surface area contributed by atoms with Crippen LogP contribution in [0.15, 0.2) is 0 Å². The highest BCUT2D eigenvalue weighted by Gasteiger charge is 2.26. The molecule has 0 aliphatic carbocycles. The zero-order chi connectivity index (χ0) is 11.3. The van der Waals surface area contributed by atoms with Gasteiger partial charge in [0.25, 0.3) is 0 Å². The van der Waals surface area contributed by atoms with Gasteiger partial charge in [-0.05, 0) is 12.8 Å². The van der Waals surface area contributed by atoms with Gasteiger partial charge in [-0.1, -0.05) is 0 Å². The van der Waals surface area contributed by atoms with Crippen molar-refractivity contribution in [1.29, 1.82) is 0 Å². The van der Waals surface area contributed by atoms with Gasteiger partial charge < -0.3 is 10.2 Å². The maximum absolute atomic E-state index is 11.8. The van der Waals surface area contributed by atoms with Crippen LogP contribution in [0, 0.1) is 0 Å². The summed E-state index contributed by atoms with van der Waals surface area (Å²) >= 11 is 0. The number of hydrogen-bond donors (Lipinski definition) is 1. The number of piperazine rings is 1.